The van der Waals surface area contributed by atoms with E-state index in [0.29, 0.717) is 6.42 Å². The van der Waals surface area contributed by atoms with Crippen molar-refractivity contribution in [3.63, 3.8) is 0 Å². The van der Waals surface area contributed by atoms with Crippen molar-refractivity contribution in [3.05, 3.63) is 0 Å². The Morgan fingerprint density at radius 1 is 1.18 bits per heavy atom. The Morgan fingerprint density at radius 2 is 1.71 bits per heavy atom. The lowest BCUT2D eigenvalue weighted by atomic mass is 9.88. The summed E-state index contributed by atoms with van der Waals surface area (Å²) < 4.78 is 24.3. The fourth-order valence-electron chi connectivity index (χ4n) is 1.58. The van der Waals surface area contributed by atoms with Crippen LogP contribution in [0.4, 0.5) is 0 Å². The van der Waals surface area contributed by atoms with E-state index < -0.39 is 9.84 Å². The Bertz CT molecular complexity index is 304. The zero-order chi connectivity index (χ0) is 13.7. The second kappa shape index (κ2) is 6.74. The third kappa shape index (κ3) is 5.87. The zero-order valence-electron chi connectivity index (χ0n) is 12.2. The molecule has 0 bridgehead atoms. The molecule has 0 spiro atoms. The summed E-state index contributed by atoms with van der Waals surface area (Å²) in [4.78, 5) is 0. The Balaban J connectivity index is 4.75. The van der Waals surface area contributed by atoms with Crippen LogP contribution in [0.1, 0.15) is 54.4 Å². The third-order valence-corrected chi connectivity index (χ3v) is 5.63. The van der Waals surface area contributed by atoms with Crippen LogP contribution in [0.15, 0.2) is 0 Å². The van der Waals surface area contributed by atoms with Crippen LogP contribution in [0.5, 0.6) is 0 Å². The molecule has 0 aromatic carbocycles. The van der Waals surface area contributed by atoms with E-state index in [0.717, 1.165) is 13.0 Å². The van der Waals surface area contributed by atoms with E-state index in [1.807, 2.05) is 6.92 Å². The van der Waals surface area contributed by atoms with Gasteiger partial charge in [0.05, 0.1) is 11.0 Å². The zero-order valence-corrected chi connectivity index (χ0v) is 13.0. The third-order valence-electron chi connectivity index (χ3n) is 3.27. The summed E-state index contributed by atoms with van der Waals surface area (Å²) in [6.07, 6.45) is 1.71. The summed E-state index contributed by atoms with van der Waals surface area (Å²) in [6, 6.07) is 0.0291. The second-order valence-corrected chi connectivity index (χ2v) is 8.38. The molecule has 0 aromatic heterocycles. The molecule has 1 N–H and O–H groups in total. The van der Waals surface area contributed by atoms with Gasteiger partial charge in [0.25, 0.3) is 0 Å². The molecular formula is C13H29NO2S. The van der Waals surface area contributed by atoms with E-state index in [1.165, 1.54) is 0 Å². The highest BCUT2D eigenvalue weighted by atomic mass is 32.2. The van der Waals surface area contributed by atoms with Gasteiger partial charge in [0.15, 0.2) is 9.84 Å². The maximum absolute atomic E-state index is 12.1. The van der Waals surface area contributed by atoms with Crippen molar-refractivity contribution in [1.82, 2.24) is 5.32 Å². The highest BCUT2D eigenvalue weighted by Gasteiger charge is 2.31. The summed E-state index contributed by atoms with van der Waals surface area (Å²) >= 11 is 0. The predicted molar refractivity (Wildman–Crippen MR) is 75.1 cm³/mol. The molecule has 0 amide bonds. The van der Waals surface area contributed by atoms with Crippen LogP contribution in [0.2, 0.25) is 0 Å². The Morgan fingerprint density at radius 3 is 2.06 bits per heavy atom. The van der Waals surface area contributed by atoms with Gasteiger partial charge in [-0.25, -0.2) is 8.42 Å². The minimum atomic E-state index is -2.99. The van der Waals surface area contributed by atoms with Gasteiger partial charge < -0.3 is 5.32 Å². The molecule has 0 aromatic rings. The van der Waals surface area contributed by atoms with E-state index in [2.05, 4.69) is 33.0 Å². The Labute approximate surface area is 107 Å². The van der Waals surface area contributed by atoms with Crippen LogP contribution < -0.4 is 5.32 Å². The molecular weight excluding hydrogens is 234 g/mol. The van der Waals surface area contributed by atoms with Crippen molar-refractivity contribution in [3.8, 4) is 0 Å². The first kappa shape index (κ1) is 16.9. The molecule has 0 rings (SSSR count). The monoisotopic (exact) mass is 263 g/mol. The van der Waals surface area contributed by atoms with Crippen LogP contribution in [0, 0.1) is 5.41 Å². The van der Waals surface area contributed by atoms with Gasteiger partial charge in [0.1, 0.15) is 0 Å². The van der Waals surface area contributed by atoms with Crippen LogP contribution in [0.3, 0.4) is 0 Å². The number of rotatable bonds is 7. The number of sulfone groups is 1. The summed E-state index contributed by atoms with van der Waals surface area (Å²) in [6.45, 7) is 13.0. The molecule has 0 saturated heterocycles. The maximum Gasteiger partial charge on any atom is 0.154 e. The van der Waals surface area contributed by atoms with E-state index in [-0.39, 0.29) is 22.5 Å². The molecule has 4 heteroatoms. The van der Waals surface area contributed by atoms with Gasteiger partial charge in [0, 0.05) is 6.04 Å². The molecule has 0 radical (unpaired) electrons. The van der Waals surface area contributed by atoms with Gasteiger partial charge in [-0.1, -0.05) is 34.6 Å². The summed E-state index contributed by atoms with van der Waals surface area (Å²) in [5, 5.41) is 3.13. The van der Waals surface area contributed by atoms with Crippen molar-refractivity contribution in [2.24, 2.45) is 5.41 Å². The van der Waals surface area contributed by atoms with Crippen LogP contribution in [-0.2, 0) is 9.84 Å². The Hall–Kier alpha value is -0.0900. The van der Waals surface area contributed by atoms with Crippen LogP contribution in [-0.4, -0.2) is 32.0 Å². The first-order chi connectivity index (χ1) is 7.65. The van der Waals surface area contributed by atoms with Gasteiger partial charge in [-0.15, -0.1) is 0 Å². The summed E-state index contributed by atoms with van der Waals surface area (Å²) in [7, 11) is -2.99. The molecule has 3 nitrogen and oxygen atoms in total. The Kier molecular flexibility index (Phi) is 6.70. The molecule has 2 unspecified atom stereocenters. The van der Waals surface area contributed by atoms with Crippen molar-refractivity contribution in [2.75, 3.05) is 12.3 Å². The average Bonchev–Trinajstić information content (AvgIpc) is 2.21. The fraction of sp³-hybridized carbons (Fsp3) is 1.00. The van der Waals surface area contributed by atoms with Gasteiger partial charge in [-0.05, 0) is 31.7 Å². The fourth-order valence-corrected chi connectivity index (χ4v) is 3.50. The predicted octanol–water partition coefficient (Wildman–Crippen LogP) is 2.61. The minimum absolute atomic E-state index is 0.0291. The lowest BCUT2D eigenvalue weighted by molar-refractivity contribution is 0.288. The standard InChI is InChI=1S/C13H29NO2S/c1-7-9-14-12(13(4,5)6)10-17(15,16)11(3)8-2/h11-12,14H,7-10H2,1-6H3. The molecule has 0 aliphatic rings. The van der Waals surface area contributed by atoms with Crippen molar-refractivity contribution in [2.45, 2.75) is 65.7 Å². The van der Waals surface area contributed by atoms with Crippen LogP contribution >= 0.6 is 0 Å². The maximum atomic E-state index is 12.1. The quantitative estimate of drug-likeness (QED) is 0.768. The highest BCUT2D eigenvalue weighted by molar-refractivity contribution is 7.92. The average molecular weight is 263 g/mol. The van der Waals surface area contributed by atoms with Crippen LogP contribution in [0.25, 0.3) is 0 Å². The van der Waals surface area contributed by atoms with E-state index in [9.17, 15) is 8.42 Å². The molecule has 0 saturated carbocycles. The van der Waals surface area contributed by atoms with Crippen molar-refractivity contribution in [1.29, 1.82) is 0 Å². The van der Waals surface area contributed by atoms with Gasteiger partial charge >= 0.3 is 0 Å². The van der Waals surface area contributed by atoms with Gasteiger partial charge in [-0.2, -0.15) is 0 Å². The van der Waals surface area contributed by atoms with E-state index in [1.54, 1.807) is 6.92 Å². The summed E-state index contributed by atoms with van der Waals surface area (Å²) in [5.41, 5.74) is -0.0320. The second-order valence-electron chi connectivity index (χ2n) is 5.92. The summed E-state index contributed by atoms with van der Waals surface area (Å²) in [5.74, 6) is 0.242. The minimum Gasteiger partial charge on any atom is -0.312 e. The van der Waals surface area contributed by atoms with E-state index >= 15 is 0 Å². The highest BCUT2D eigenvalue weighted by Crippen LogP contribution is 2.22. The van der Waals surface area contributed by atoms with Crippen molar-refractivity contribution >= 4 is 9.84 Å². The van der Waals surface area contributed by atoms with E-state index in [4.69, 9.17) is 0 Å². The lowest BCUT2D eigenvalue weighted by Crippen LogP contribution is -2.46. The molecule has 0 aliphatic carbocycles. The molecule has 0 heterocycles. The number of hydrogen-bond acceptors (Lipinski definition) is 3. The normalized spacial score (nSPS) is 16.8. The number of nitrogens with one attached hydrogen (secondary N) is 1. The largest absolute Gasteiger partial charge is 0.312 e. The topological polar surface area (TPSA) is 46.2 Å². The first-order valence-electron chi connectivity index (χ1n) is 6.60. The lowest BCUT2D eigenvalue weighted by Gasteiger charge is -2.32. The molecule has 0 fully saturated rings. The molecule has 0 aliphatic heterocycles. The molecule has 2 atom stereocenters. The first-order valence-corrected chi connectivity index (χ1v) is 8.31. The SMILES string of the molecule is CCCNC(CS(=O)(=O)C(C)CC)C(C)(C)C. The molecule has 104 valence electrons. The number of hydrogen-bond donors (Lipinski definition) is 1. The van der Waals surface area contributed by atoms with Gasteiger partial charge in [-0.3, -0.25) is 0 Å². The van der Waals surface area contributed by atoms with Crippen molar-refractivity contribution < 1.29 is 8.42 Å². The van der Waals surface area contributed by atoms with Gasteiger partial charge in [0.2, 0.25) is 0 Å². The smallest absolute Gasteiger partial charge is 0.154 e. The molecule has 17 heavy (non-hydrogen) atoms.